The molecule has 162 valence electrons. The van der Waals surface area contributed by atoms with Crippen LogP contribution in [0.5, 0.6) is 0 Å². The summed E-state index contributed by atoms with van der Waals surface area (Å²) >= 11 is 0. The second kappa shape index (κ2) is 7.75. The fourth-order valence-electron chi connectivity index (χ4n) is 3.54. The molecule has 31 heavy (non-hydrogen) atoms. The molecule has 2 N–H and O–H groups in total. The molecule has 0 radical (unpaired) electrons. The quantitative estimate of drug-likeness (QED) is 0.594. The Morgan fingerprint density at radius 1 is 1.19 bits per heavy atom. The van der Waals surface area contributed by atoms with Gasteiger partial charge in [0.05, 0.1) is 23.2 Å². The zero-order chi connectivity index (χ0) is 22.3. The van der Waals surface area contributed by atoms with Crippen LogP contribution < -0.4 is 10.9 Å². The van der Waals surface area contributed by atoms with Gasteiger partial charge in [-0.05, 0) is 25.0 Å². The van der Waals surface area contributed by atoms with Gasteiger partial charge in [0, 0.05) is 41.2 Å². The van der Waals surface area contributed by atoms with Crippen LogP contribution in [0.2, 0.25) is 0 Å². The van der Waals surface area contributed by atoms with E-state index in [-0.39, 0.29) is 34.6 Å². The van der Waals surface area contributed by atoms with Gasteiger partial charge in [-0.2, -0.15) is 13.2 Å². The summed E-state index contributed by atoms with van der Waals surface area (Å²) in [5.74, 6) is -2.74. The molecule has 1 aromatic carbocycles. The summed E-state index contributed by atoms with van der Waals surface area (Å²) in [6, 6.07) is 4.03. The van der Waals surface area contributed by atoms with E-state index in [9.17, 15) is 31.5 Å². The number of nitrogens with one attached hydrogen (secondary N) is 2. The highest BCUT2D eigenvalue weighted by molar-refractivity contribution is 5.88. The van der Waals surface area contributed by atoms with Crippen LogP contribution in [0.1, 0.15) is 41.1 Å². The topological polar surface area (TPSA) is 74.8 Å². The summed E-state index contributed by atoms with van der Waals surface area (Å²) in [5.41, 5.74) is -2.73. The zero-order valence-corrected chi connectivity index (χ0v) is 15.9. The predicted octanol–water partition coefficient (Wildman–Crippen LogP) is 3.96. The van der Waals surface area contributed by atoms with E-state index >= 15 is 0 Å². The van der Waals surface area contributed by atoms with Gasteiger partial charge in [0.2, 0.25) is 5.91 Å². The third-order valence-electron chi connectivity index (χ3n) is 5.13. The molecule has 3 aromatic rings. The van der Waals surface area contributed by atoms with Crippen molar-refractivity contribution in [3.05, 3.63) is 74.8 Å². The minimum absolute atomic E-state index is 0.00627. The molecule has 1 fully saturated rings. The SMILES string of the molecule is O=C(Cc1c(C(F)(F)F)c2c(C3CC3)nccc2[nH]c1=O)NCc1ccc(F)cc1F. The van der Waals surface area contributed by atoms with Gasteiger partial charge in [0.25, 0.3) is 5.56 Å². The normalized spacial score (nSPS) is 14.1. The molecule has 0 bridgehead atoms. The lowest BCUT2D eigenvalue weighted by Gasteiger charge is -2.17. The number of halogens is 5. The zero-order valence-electron chi connectivity index (χ0n) is 15.9. The van der Waals surface area contributed by atoms with Crippen LogP contribution >= 0.6 is 0 Å². The van der Waals surface area contributed by atoms with Gasteiger partial charge in [-0.3, -0.25) is 14.6 Å². The first-order valence-corrected chi connectivity index (χ1v) is 9.46. The van der Waals surface area contributed by atoms with Crippen LogP contribution in [0, 0.1) is 11.6 Å². The second-order valence-electron chi connectivity index (χ2n) is 7.39. The minimum atomic E-state index is -4.89. The van der Waals surface area contributed by atoms with Crippen LogP contribution in [-0.2, 0) is 23.9 Å². The maximum atomic E-state index is 14.0. The Labute approximate surface area is 172 Å². The Kier molecular flexibility index (Phi) is 5.24. The molecule has 0 saturated heterocycles. The highest BCUT2D eigenvalue weighted by Gasteiger charge is 2.40. The van der Waals surface area contributed by atoms with Crippen LogP contribution in [-0.4, -0.2) is 15.9 Å². The summed E-state index contributed by atoms with van der Waals surface area (Å²) in [6.07, 6.45) is -3.02. The Bertz CT molecular complexity index is 1230. The summed E-state index contributed by atoms with van der Waals surface area (Å²) in [6.45, 7) is -0.368. The van der Waals surface area contributed by atoms with Gasteiger partial charge in [0.15, 0.2) is 0 Å². The monoisotopic (exact) mass is 437 g/mol. The van der Waals surface area contributed by atoms with Crippen molar-refractivity contribution in [1.29, 1.82) is 0 Å². The van der Waals surface area contributed by atoms with E-state index in [1.54, 1.807) is 0 Å². The molecule has 1 amide bonds. The van der Waals surface area contributed by atoms with Crippen LogP contribution in [0.3, 0.4) is 0 Å². The molecular formula is C21H16F5N3O2. The van der Waals surface area contributed by atoms with Crippen LogP contribution in [0.15, 0.2) is 35.3 Å². The van der Waals surface area contributed by atoms with Crippen molar-refractivity contribution in [3.63, 3.8) is 0 Å². The number of hydrogen-bond acceptors (Lipinski definition) is 3. The van der Waals surface area contributed by atoms with E-state index in [0.29, 0.717) is 18.9 Å². The number of rotatable bonds is 5. The fraction of sp³-hybridized carbons (Fsp3) is 0.286. The maximum Gasteiger partial charge on any atom is 0.417 e. The van der Waals surface area contributed by atoms with E-state index in [1.165, 1.54) is 12.3 Å². The second-order valence-corrected chi connectivity index (χ2v) is 7.39. The number of carbonyl (C=O) groups excluding carboxylic acids is 1. The highest BCUT2D eigenvalue weighted by atomic mass is 19.4. The standard InChI is InChI=1S/C21H16F5N3O2/c22-12-4-3-11(14(23)7-12)9-28-16(30)8-13-18(21(24,25)26)17-15(29-20(13)31)5-6-27-19(17)10-1-2-10/h3-7,10H,1-2,8-9H2,(H,28,30)(H,29,31). The summed E-state index contributed by atoms with van der Waals surface area (Å²) < 4.78 is 68.7. The van der Waals surface area contributed by atoms with Crippen molar-refractivity contribution >= 4 is 16.8 Å². The number of aromatic nitrogens is 2. The number of H-pyrrole nitrogens is 1. The minimum Gasteiger partial charge on any atom is -0.352 e. The van der Waals surface area contributed by atoms with E-state index in [2.05, 4.69) is 15.3 Å². The molecule has 2 heterocycles. The Morgan fingerprint density at radius 3 is 2.58 bits per heavy atom. The molecule has 2 aromatic heterocycles. The highest BCUT2D eigenvalue weighted by Crippen LogP contribution is 2.45. The third-order valence-corrected chi connectivity index (χ3v) is 5.13. The van der Waals surface area contributed by atoms with E-state index < -0.39 is 46.8 Å². The number of aromatic amines is 1. The first-order chi connectivity index (χ1) is 14.6. The van der Waals surface area contributed by atoms with Crippen molar-refractivity contribution in [3.8, 4) is 0 Å². The van der Waals surface area contributed by atoms with Crippen molar-refractivity contribution in [2.24, 2.45) is 0 Å². The average molecular weight is 437 g/mol. The van der Waals surface area contributed by atoms with Gasteiger partial charge in [-0.15, -0.1) is 0 Å². The first kappa shape index (κ1) is 21.0. The van der Waals surface area contributed by atoms with Gasteiger partial charge < -0.3 is 10.3 Å². The van der Waals surface area contributed by atoms with E-state index in [0.717, 1.165) is 12.1 Å². The molecule has 0 spiro atoms. The largest absolute Gasteiger partial charge is 0.417 e. The van der Waals surface area contributed by atoms with Crippen molar-refractivity contribution in [2.45, 2.75) is 37.9 Å². The molecule has 10 heteroatoms. The fourth-order valence-corrected chi connectivity index (χ4v) is 3.54. The molecule has 1 aliphatic carbocycles. The maximum absolute atomic E-state index is 14.0. The van der Waals surface area contributed by atoms with Crippen LogP contribution in [0.4, 0.5) is 22.0 Å². The molecule has 0 aliphatic heterocycles. The molecule has 5 nitrogen and oxygen atoms in total. The predicted molar refractivity (Wildman–Crippen MR) is 101 cm³/mol. The van der Waals surface area contributed by atoms with Crippen molar-refractivity contribution in [2.75, 3.05) is 0 Å². The molecule has 1 saturated carbocycles. The van der Waals surface area contributed by atoms with E-state index in [4.69, 9.17) is 0 Å². The van der Waals surface area contributed by atoms with Gasteiger partial charge >= 0.3 is 6.18 Å². The smallest absolute Gasteiger partial charge is 0.352 e. The number of pyridine rings is 2. The number of alkyl halides is 3. The van der Waals surface area contributed by atoms with Crippen LogP contribution in [0.25, 0.3) is 10.9 Å². The lowest BCUT2D eigenvalue weighted by Crippen LogP contribution is -2.30. The molecule has 4 rings (SSSR count). The molecule has 0 unspecified atom stereocenters. The van der Waals surface area contributed by atoms with E-state index in [1.807, 2.05) is 0 Å². The molecule has 0 atom stereocenters. The lowest BCUT2D eigenvalue weighted by molar-refractivity contribution is -0.137. The number of amides is 1. The number of carbonyl (C=O) groups is 1. The number of fused-ring (bicyclic) bond motifs is 1. The van der Waals surface area contributed by atoms with Gasteiger partial charge in [-0.1, -0.05) is 6.07 Å². The lowest BCUT2D eigenvalue weighted by atomic mass is 9.97. The number of hydrogen-bond donors (Lipinski definition) is 2. The molecular weight excluding hydrogens is 421 g/mol. The Morgan fingerprint density at radius 2 is 1.94 bits per heavy atom. The summed E-state index contributed by atoms with van der Waals surface area (Å²) in [4.78, 5) is 31.3. The summed E-state index contributed by atoms with van der Waals surface area (Å²) in [5, 5.41) is 2.07. The van der Waals surface area contributed by atoms with Gasteiger partial charge in [0.1, 0.15) is 11.6 Å². The first-order valence-electron chi connectivity index (χ1n) is 9.46. The average Bonchev–Trinajstić information content (AvgIpc) is 3.51. The number of nitrogens with zero attached hydrogens (tertiary/aromatic N) is 1. The Balaban J connectivity index is 1.69. The van der Waals surface area contributed by atoms with Gasteiger partial charge in [-0.25, -0.2) is 8.78 Å². The number of benzene rings is 1. The summed E-state index contributed by atoms with van der Waals surface area (Å²) in [7, 11) is 0. The Hall–Kier alpha value is -3.30. The van der Waals surface area contributed by atoms with Crippen molar-refractivity contribution in [1.82, 2.24) is 15.3 Å². The third kappa shape index (κ3) is 4.28. The molecule has 1 aliphatic rings. The van der Waals surface area contributed by atoms with Crippen molar-refractivity contribution < 1.29 is 26.7 Å².